The summed E-state index contributed by atoms with van der Waals surface area (Å²) in [6, 6.07) is -0.983. The van der Waals surface area contributed by atoms with Gasteiger partial charge in [-0.2, -0.15) is 0 Å². The number of allylic oxidation sites excluding steroid dienone is 2. The van der Waals surface area contributed by atoms with Crippen molar-refractivity contribution in [2.75, 3.05) is 6.61 Å². The topological polar surface area (TPSA) is 110 Å². The second-order valence-corrected chi connectivity index (χ2v) is 8.68. The highest BCUT2D eigenvalue weighted by atomic mass is 16.3. The number of aliphatic hydroxyl groups excluding tert-OH is 4. The van der Waals surface area contributed by atoms with Gasteiger partial charge in [-0.05, 0) is 38.5 Å². The molecule has 1 amide bonds. The summed E-state index contributed by atoms with van der Waals surface area (Å²) >= 11 is 0. The van der Waals surface area contributed by atoms with Crippen LogP contribution in [0.25, 0.3) is 0 Å². The molecule has 0 aliphatic carbocycles. The van der Waals surface area contributed by atoms with Crippen molar-refractivity contribution < 1.29 is 25.2 Å². The summed E-state index contributed by atoms with van der Waals surface area (Å²) in [5.74, 6) is -0.613. The molecule has 0 saturated heterocycles. The van der Waals surface area contributed by atoms with Crippen molar-refractivity contribution in [1.82, 2.24) is 5.32 Å². The average Bonchev–Trinajstić information content (AvgIpc) is 2.77. The smallest absolute Gasteiger partial charge is 0.249 e. The summed E-state index contributed by atoms with van der Waals surface area (Å²) < 4.78 is 0. The molecule has 6 heteroatoms. The highest BCUT2D eigenvalue weighted by Crippen LogP contribution is 2.11. The summed E-state index contributed by atoms with van der Waals surface area (Å²) in [5, 5.41) is 42.2. The fraction of sp³-hybridized carbons (Fsp3) is 0.880. The van der Waals surface area contributed by atoms with E-state index in [1.54, 1.807) is 0 Å². The molecule has 0 aliphatic rings. The second kappa shape index (κ2) is 20.9. The maximum atomic E-state index is 12.2. The lowest BCUT2D eigenvalue weighted by molar-refractivity contribution is -0.132. The highest BCUT2D eigenvalue weighted by Gasteiger charge is 2.28. The first-order chi connectivity index (χ1) is 15.0. The first kappa shape index (κ1) is 30.0. The standard InChI is InChI=1S/C25H49NO5/c1-3-5-7-8-9-10-11-12-13-14-15-17-19-23(29)25(31)26-21(20-27)24(30)22(28)18-16-6-4-2/h12-13,21-24,27-30H,3-11,14-20H2,1-2H3,(H,26,31)/b13-12-. The van der Waals surface area contributed by atoms with Gasteiger partial charge in [-0.3, -0.25) is 4.79 Å². The summed E-state index contributed by atoms with van der Waals surface area (Å²) in [4.78, 5) is 12.2. The third kappa shape index (κ3) is 16.4. The second-order valence-electron chi connectivity index (χ2n) is 8.68. The van der Waals surface area contributed by atoms with E-state index in [9.17, 15) is 25.2 Å². The van der Waals surface area contributed by atoms with E-state index < -0.39 is 36.9 Å². The Kier molecular flexibility index (Phi) is 20.3. The van der Waals surface area contributed by atoms with E-state index in [2.05, 4.69) is 24.4 Å². The first-order valence-corrected chi connectivity index (χ1v) is 12.6. The predicted molar refractivity (Wildman–Crippen MR) is 127 cm³/mol. The van der Waals surface area contributed by atoms with E-state index >= 15 is 0 Å². The van der Waals surface area contributed by atoms with Gasteiger partial charge in [0.2, 0.25) is 5.91 Å². The number of rotatable bonds is 21. The normalized spacial score (nSPS) is 15.7. The molecule has 0 aromatic heterocycles. The largest absolute Gasteiger partial charge is 0.394 e. The van der Waals surface area contributed by atoms with Gasteiger partial charge in [-0.15, -0.1) is 0 Å². The van der Waals surface area contributed by atoms with Crippen LogP contribution in [0.2, 0.25) is 0 Å². The lowest BCUT2D eigenvalue weighted by Gasteiger charge is -2.27. The Bertz CT molecular complexity index is 444. The zero-order valence-corrected chi connectivity index (χ0v) is 20.0. The van der Waals surface area contributed by atoms with E-state index in [1.165, 1.54) is 38.5 Å². The molecule has 0 aromatic carbocycles. The van der Waals surface area contributed by atoms with Gasteiger partial charge in [0.25, 0.3) is 0 Å². The Labute approximate surface area is 190 Å². The van der Waals surface area contributed by atoms with E-state index in [0.717, 1.165) is 44.9 Å². The lowest BCUT2D eigenvalue weighted by Crippen LogP contribution is -2.53. The van der Waals surface area contributed by atoms with Gasteiger partial charge in [0.15, 0.2) is 0 Å². The Hall–Kier alpha value is -0.950. The molecule has 0 rings (SSSR count). The van der Waals surface area contributed by atoms with Crippen LogP contribution in [0.15, 0.2) is 12.2 Å². The quantitative estimate of drug-likeness (QED) is 0.136. The van der Waals surface area contributed by atoms with Crippen LogP contribution in [0.4, 0.5) is 0 Å². The molecule has 0 radical (unpaired) electrons. The lowest BCUT2D eigenvalue weighted by atomic mass is 10.00. The van der Waals surface area contributed by atoms with Crippen molar-refractivity contribution in [2.24, 2.45) is 0 Å². The fourth-order valence-corrected chi connectivity index (χ4v) is 3.57. The summed E-state index contributed by atoms with van der Waals surface area (Å²) in [5.41, 5.74) is 0. The number of carbonyl (C=O) groups excluding carboxylic acids is 1. The van der Waals surface area contributed by atoms with Crippen LogP contribution in [0.1, 0.15) is 110 Å². The first-order valence-electron chi connectivity index (χ1n) is 12.6. The van der Waals surface area contributed by atoms with Crippen LogP contribution in [0.3, 0.4) is 0 Å². The molecule has 4 atom stereocenters. The monoisotopic (exact) mass is 443 g/mol. The molecule has 0 aromatic rings. The number of amides is 1. The van der Waals surface area contributed by atoms with Gasteiger partial charge >= 0.3 is 0 Å². The number of unbranched alkanes of at least 4 members (excludes halogenated alkanes) is 10. The summed E-state index contributed by atoms with van der Waals surface area (Å²) in [6.45, 7) is 3.79. The minimum atomic E-state index is -1.25. The molecular weight excluding hydrogens is 394 g/mol. The van der Waals surface area contributed by atoms with Crippen molar-refractivity contribution in [1.29, 1.82) is 0 Å². The molecule has 0 saturated carbocycles. The van der Waals surface area contributed by atoms with Crippen LogP contribution in [0.5, 0.6) is 0 Å². The van der Waals surface area contributed by atoms with Crippen LogP contribution < -0.4 is 5.32 Å². The van der Waals surface area contributed by atoms with Gasteiger partial charge in [0, 0.05) is 0 Å². The molecule has 6 nitrogen and oxygen atoms in total. The number of aliphatic hydroxyl groups is 4. The number of nitrogens with one attached hydrogen (secondary N) is 1. The Morgan fingerprint density at radius 3 is 1.90 bits per heavy atom. The minimum Gasteiger partial charge on any atom is -0.394 e. The van der Waals surface area contributed by atoms with Crippen LogP contribution >= 0.6 is 0 Å². The summed E-state index contributed by atoms with van der Waals surface area (Å²) in [6.07, 6.45) is 15.9. The highest BCUT2D eigenvalue weighted by molar-refractivity contribution is 5.80. The number of carbonyl (C=O) groups is 1. The van der Waals surface area contributed by atoms with E-state index in [4.69, 9.17) is 0 Å². The van der Waals surface area contributed by atoms with Crippen molar-refractivity contribution in [3.8, 4) is 0 Å². The third-order valence-electron chi connectivity index (χ3n) is 5.73. The van der Waals surface area contributed by atoms with Crippen LogP contribution in [-0.4, -0.2) is 57.3 Å². The molecule has 31 heavy (non-hydrogen) atoms. The van der Waals surface area contributed by atoms with Gasteiger partial charge in [-0.1, -0.05) is 83.8 Å². The molecule has 5 N–H and O–H groups in total. The summed E-state index contributed by atoms with van der Waals surface area (Å²) in [7, 11) is 0. The van der Waals surface area contributed by atoms with Gasteiger partial charge in [0.05, 0.1) is 18.8 Å². The van der Waals surface area contributed by atoms with Gasteiger partial charge < -0.3 is 25.7 Å². The fourth-order valence-electron chi connectivity index (χ4n) is 3.57. The molecule has 0 spiro atoms. The maximum Gasteiger partial charge on any atom is 0.249 e. The van der Waals surface area contributed by atoms with Crippen molar-refractivity contribution in [3.05, 3.63) is 12.2 Å². The van der Waals surface area contributed by atoms with E-state index in [-0.39, 0.29) is 0 Å². The molecule has 0 fully saturated rings. The molecule has 0 heterocycles. The molecule has 0 bridgehead atoms. The van der Waals surface area contributed by atoms with E-state index in [0.29, 0.717) is 12.8 Å². The third-order valence-corrected chi connectivity index (χ3v) is 5.73. The number of hydrogen-bond acceptors (Lipinski definition) is 5. The minimum absolute atomic E-state index is 0.338. The Morgan fingerprint density at radius 2 is 1.29 bits per heavy atom. The average molecular weight is 444 g/mol. The van der Waals surface area contributed by atoms with E-state index in [1.807, 2.05) is 6.92 Å². The van der Waals surface area contributed by atoms with Crippen molar-refractivity contribution in [3.63, 3.8) is 0 Å². The van der Waals surface area contributed by atoms with Gasteiger partial charge in [0.1, 0.15) is 12.2 Å². The SMILES string of the molecule is CCCCCCCC/C=C\CCCCC(O)C(=O)NC(CO)C(O)C(O)CCCCC. The van der Waals surface area contributed by atoms with Crippen LogP contribution in [-0.2, 0) is 4.79 Å². The zero-order chi connectivity index (χ0) is 23.3. The molecular formula is C25H49NO5. The molecule has 0 aliphatic heterocycles. The van der Waals surface area contributed by atoms with Crippen LogP contribution in [0, 0.1) is 0 Å². The Balaban J connectivity index is 3.95. The molecule has 184 valence electrons. The predicted octanol–water partition coefficient (Wildman–Crippen LogP) is 3.99. The van der Waals surface area contributed by atoms with Crippen molar-refractivity contribution in [2.45, 2.75) is 135 Å². The zero-order valence-electron chi connectivity index (χ0n) is 20.0. The maximum absolute atomic E-state index is 12.2. The molecule has 4 unspecified atom stereocenters. The van der Waals surface area contributed by atoms with Crippen molar-refractivity contribution >= 4 is 5.91 Å². The Morgan fingerprint density at radius 1 is 0.774 bits per heavy atom. The number of hydrogen-bond donors (Lipinski definition) is 5. The van der Waals surface area contributed by atoms with Gasteiger partial charge in [-0.25, -0.2) is 0 Å².